The van der Waals surface area contributed by atoms with E-state index in [1.165, 1.54) is 23.5 Å². The second-order valence-corrected chi connectivity index (χ2v) is 6.26. The van der Waals surface area contributed by atoms with Crippen LogP contribution in [0, 0.1) is 5.82 Å². The van der Waals surface area contributed by atoms with Crippen molar-refractivity contribution >= 4 is 44.5 Å². The van der Waals surface area contributed by atoms with Crippen LogP contribution in [0.15, 0.2) is 24.3 Å². The van der Waals surface area contributed by atoms with Crippen LogP contribution in [0.4, 0.5) is 4.39 Å². The van der Waals surface area contributed by atoms with Crippen molar-refractivity contribution in [3.05, 3.63) is 35.0 Å². The summed E-state index contributed by atoms with van der Waals surface area (Å²) >= 11 is 6.13. The Morgan fingerprint density at radius 1 is 1.42 bits per heavy atom. The highest BCUT2D eigenvalue weighted by molar-refractivity contribution is 7.80. The van der Waals surface area contributed by atoms with Crippen molar-refractivity contribution in [2.75, 3.05) is 0 Å². The fourth-order valence-electron chi connectivity index (χ4n) is 1.52. The van der Waals surface area contributed by atoms with E-state index < -0.39 is 5.54 Å². The van der Waals surface area contributed by atoms with E-state index in [0.29, 0.717) is 4.88 Å². The Morgan fingerprint density at radius 2 is 2.11 bits per heavy atom. The highest BCUT2D eigenvalue weighted by atomic mass is 32.1. The Hall–Kier alpha value is -1.53. The molecule has 0 bridgehead atoms. The van der Waals surface area contributed by atoms with Crippen LogP contribution in [0.3, 0.4) is 0 Å². The van der Waals surface area contributed by atoms with Crippen LogP contribution in [-0.2, 0) is 0 Å². The summed E-state index contributed by atoms with van der Waals surface area (Å²) < 4.78 is 13.8. The van der Waals surface area contributed by atoms with Crippen LogP contribution in [0.25, 0.3) is 10.1 Å². The third kappa shape index (κ3) is 2.90. The van der Waals surface area contributed by atoms with E-state index in [1.54, 1.807) is 26.0 Å². The molecule has 0 aliphatic carbocycles. The molecule has 6 heteroatoms. The summed E-state index contributed by atoms with van der Waals surface area (Å²) in [5.74, 6) is -0.579. The first kappa shape index (κ1) is 13.9. The molecular weight excluding hydrogens is 283 g/mol. The van der Waals surface area contributed by atoms with Crippen molar-refractivity contribution in [1.82, 2.24) is 5.32 Å². The fourth-order valence-corrected chi connectivity index (χ4v) is 2.56. The lowest BCUT2D eigenvalue weighted by molar-refractivity contribution is 0.0936. The molecule has 0 saturated carbocycles. The van der Waals surface area contributed by atoms with E-state index in [-0.39, 0.29) is 16.7 Å². The summed E-state index contributed by atoms with van der Waals surface area (Å²) in [5.41, 5.74) is 4.81. The predicted octanol–water partition coefficient (Wildman–Crippen LogP) is 2.83. The molecule has 3 N–H and O–H groups in total. The Morgan fingerprint density at radius 3 is 2.74 bits per heavy atom. The molecule has 0 atom stereocenters. The number of thiophene rings is 1. The Kier molecular flexibility index (Phi) is 3.56. The molecule has 100 valence electrons. The number of nitrogens with two attached hydrogens (primary N) is 1. The molecule has 3 nitrogen and oxygen atoms in total. The molecule has 2 aromatic rings. The van der Waals surface area contributed by atoms with Gasteiger partial charge in [-0.3, -0.25) is 4.79 Å². The van der Waals surface area contributed by atoms with Gasteiger partial charge < -0.3 is 11.1 Å². The Labute approximate surface area is 119 Å². The maximum Gasteiger partial charge on any atom is 0.262 e. The maximum absolute atomic E-state index is 13.1. The van der Waals surface area contributed by atoms with Gasteiger partial charge in [0.05, 0.1) is 15.4 Å². The number of fused-ring (bicyclic) bond motifs is 1. The lowest BCUT2D eigenvalue weighted by Gasteiger charge is -2.24. The van der Waals surface area contributed by atoms with Crippen LogP contribution in [-0.4, -0.2) is 16.4 Å². The van der Waals surface area contributed by atoms with Gasteiger partial charge in [-0.25, -0.2) is 4.39 Å². The van der Waals surface area contributed by atoms with E-state index in [2.05, 4.69) is 5.32 Å². The topological polar surface area (TPSA) is 55.1 Å². The van der Waals surface area contributed by atoms with E-state index in [9.17, 15) is 9.18 Å². The van der Waals surface area contributed by atoms with Crippen LogP contribution in [0.1, 0.15) is 23.5 Å². The summed E-state index contributed by atoms with van der Waals surface area (Å²) in [4.78, 5) is 12.8. The van der Waals surface area contributed by atoms with Gasteiger partial charge in [-0.1, -0.05) is 18.3 Å². The summed E-state index contributed by atoms with van der Waals surface area (Å²) in [6, 6.07) is 6.16. The monoisotopic (exact) mass is 296 g/mol. The number of carbonyl (C=O) groups excluding carboxylic acids is 1. The molecule has 1 heterocycles. The molecule has 0 fully saturated rings. The molecule has 0 radical (unpaired) electrons. The molecule has 2 rings (SSSR count). The predicted molar refractivity (Wildman–Crippen MR) is 80.1 cm³/mol. The summed E-state index contributed by atoms with van der Waals surface area (Å²) in [5, 5.41) is 3.60. The standard InChI is InChI=1S/C13H13FN2OS2/c1-13(2,12(15)18)16-11(17)10-5-7-3-4-8(14)6-9(7)19-10/h3-6H,1-2H3,(H2,15,18)(H,16,17). The number of benzene rings is 1. The normalized spacial score (nSPS) is 11.5. The van der Waals surface area contributed by atoms with Crippen molar-refractivity contribution in [3.8, 4) is 0 Å². The van der Waals surface area contributed by atoms with Gasteiger partial charge in [-0.05, 0) is 37.4 Å². The number of carbonyl (C=O) groups is 1. The second-order valence-electron chi connectivity index (χ2n) is 4.74. The van der Waals surface area contributed by atoms with E-state index in [1.807, 2.05) is 0 Å². The Bertz CT molecular complexity index is 664. The molecule has 0 aliphatic heterocycles. The van der Waals surface area contributed by atoms with Gasteiger partial charge in [0.25, 0.3) is 5.91 Å². The number of amides is 1. The van der Waals surface area contributed by atoms with Crippen LogP contribution in [0.2, 0.25) is 0 Å². The molecule has 0 saturated heterocycles. The SMILES string of the molecule is CC(C)(NC(=O)c1cc2ccc(F)cc2s1)C(N)=S. The first-order chi connectivity index (χ1) is 8.79. The number of hydrogen-bond acceptors (Lipinski definition) is 3. The summed E-state index contributed by atoms with van der Waals surface area (Å²) in [6.45, 7) is 3.47. The zero-order valence-electron chi connectivity index (χ0n) is 10.5. The third-order valence-electron chi connectivity index (χ3n) is 2.75. The number of nitrogens with one attached hydrogen (secondary N) is 1. The molecular formula is C13H13FN2OS2. The lowest BCUT2D eigenvalue weighted by Crippen LogP contribution is -2.51. The van der Waals surface area contributed by atoms with E-state index in [4.69, 9.17) is 18.0 Å². The number of thiocarbonyl (C=S) groups is 1. The van der Waals surface area contributed by atoms with Gasteiger partial charge >= 0.3 is 0 Å². The van der Waals surface area contributed by atoms with Gasteiger partial charge in [-0.15, -0.1) is 11.3 Å². The quantitative estimate of drug-likeness (QED) is 0.856. The average molecular weight is 296 g/mol. The highest BCUT2D eigenvalue weighted by Crippen LogP contribution is 2.26. The molecule has 1 amide bonds. The Balaban J connectivity index is 2.29. The number of hydrogen-bond donors (Lipinski definition) is 2. The average Bonchev–Trinajstić information content (AvgIpc) is 2.71. The lowest BCUT2D eigenvalue weighted by atomic mass is 10.1. The molecule has 0 spiro atoms. The van der Waals surface area contributed by atoms with Crippen molar-refractivity contribution in [2.45, 2.75) is 19.4 Å². The van der Waals surface area contributed by atoms with Gasteiger partial charge in [0.2, 0.25) is 0 Å². The minimum Gasteiger partial charge on any atom is -0.391 e. The minimum atomic E-state index is -0.756. The van der Waals surface area contributed by atoms with E-state index >= 15 is 0 Å². The van der Waals surface area contributed by atoms with Crippen molar-refractivity contribution in [2.24, 2.45) is 5.73 Å². The zero-order valence-corrected chi connectivity index (χ0v) is 12.1. The zero-order chi connectivity index (χ0) is 14.2. The van der Waals surface area contributed by atoms with Crippen LogP contribution < -0.4 is 11.1 Å². The molecule has 0 unspecified atom stereocenters. The molecule has 1 aromatic heterocycles. The molecule has 1 aromatic carbocycles. The first-order valence-corrected chi connectivity index (χ1v) is 6.83. The minimum absolute atomic E-state index is 0.216. The molecule has 19 heavy (non-hydrogen) atoms. The van der Waals surface area contributed by atoms with Crippen molar-refractivity contribution in [1.29, 1.82) is 0 Å². The smallest absolute Gasteiger partial charge is 0.262 e. The van der Waals surface area contributed by atoms with Crippen molar-refractivity contribution < 1.29 is 9.18 Å². The van der Waals surface area contributed by atoms with Crippen molar-refractivity contribution in [3.63, 3.8) is 0 Å². The second kappa shape index (κ2) is 4.86. The fraction of sp³-hybridized carbons (Fsp3) is 0.231. The van der Waals surface area contributed by atoms with Crippen LogP contribution in [0.5, 0.6) is 0 Å². The van der Waals surface area contributed by atoms with Gasteiger partial charge in [0.1, 0.15) is 5.82 Å². The largest absolute Gasteiger partial charge is 0.391 e. The summed E-state index contributed by atoms with van der Waals surface area (Å²) in [7, 11) is 0. The van der Waals surface area contributed by atoms with E-state index in [0.717, 1.165) is 10.1 Å². The molecule has 0 aliphatic rings. The highest BCUT2D eigenvalue weighted by Gasteiger charge is 2.25. The van der Waals surface area contributed by atoms with Gasteiger partial charge in [0.15, 0.2) is 0 Å². The van der Waals surface area contributed by atoms with Gasteiger partial charge in [0, 0.05) is 4.70 Å². The number of halogens is 1. The third-order valence-corrected chi connectivity index (χ3v) is 4.35. The maximum atomic E-state index is 13.1. The van der Waals surface area contributed by atoms with Gasteiger partial charge in [-0.2, -0.15) is 0 Å². The summed E-state index contributed by atoms with van der Waals surface area (Å²) in [6.07, 6.45) is 0. The number of rotatable bonds is 3. The first-order valence-electron chi connectivity index (χ1n) is 5.61. The van der Waals surface area contributed by atoms with Crippen LogP contribution >= 0.6 is 23.6 Å².